The Hall–Kier alpha value is -3.50. The third-order valence-corrected chi connectivity index (χ3v) is 6.71. The predicted molar refractivity (Wildman–Crippen MR) is 137 cm³/mol. The fraction of sp³-hybridized carbons (Fsp3) is 0.407. The first-order valence-electron chi connectivity index (χ1n) is 12.1. The van der Waals surface area contributed by atoms with Gasteiger partial charge in [-0.25, -0.2) is 8.78 Å². The van der Waals surface area contributed by atoms with Crippen LogP contribution in [0.2, 0.25) is 0 Å². The zero-order valence-electron chi connectivity index (χ0n) is 21.3. The van der Waals surface area contributed by atoms with Crippen molar-refractivity contribution in [3.8, 4) is 0 Å². The molecule has 4 rings (SSSR count). The molecule has 2 heterocycles. The SMILES string of the molecule is C[C@@H]1CN(c2cc(=O)c3cc(C(=O)N(C)CCO)cc([C@H](C)N(C)c4cc(F)cc(F)c4)c3o2)CCO1. The summed E-state index contributed by atoms with van der Waals surface area (Å²) < 4.78 is 39.8. The van der Waals surface area contributed by atoms with Gasteiger partial charge in [-0.3, -0.25) is 9.59 Å². The fourth-order valence-corrected chi connectivity index (χ4v) is 4.53. The summed E-state index contributed by atoms with van der Waals surface area (Å²) in [5.41, 5.74) is 1.00. The van der Waals surface area contributed by atoms with Crippen molar-refractivity contribution in [1.29, 1.82) is 0 Å². The summed E-state index contributed by atoms with van der Waals surface area (Å²) in [5.74, 6) is -1.43. The number of ether oxygens (including phenoxy) is 1. The molecular formula is C27H31F2N3O5. The van der Waals surface area contributed by atoms with Gasteiger partial charge in [0, 0.05) is 62.7 Å². The Bertz CT molecular complexity index is 1340. The molecule has 3 aromatic rings. The van der Waals surface area contributed by atoms with Gasteiger partial charge in [0.25, 0.3) is 5.91 Å². The Morgan fingerprint density at radius 2 is 1.86 bits per heavy atom. The molecule has 0 saturated carbocycles. The summed E-state index contributed by atoms with van der Waals surface area (Å²) in [4.78, 5) is 31.3. The van der Waals surface area contributed by atoms with Gasteiger partial charge in [-0.05, 0) is 38.1 Å². The number of hydrogen-bond acceptors (Lipinski definition) is 7. The van der Waals surface area contributed by atoms with Gasteiger partial charge in [0.05, 0.1) is 30.7 Å². The molecule has 0 aliphatic carbocycles. The van der Waals surface area contributed by atoms with E-state index in [4.69, 9.17) is 9.15 Å². The molecule has 1 aromatic heterocycles. The summed E-state index contributed by atoms with van der Waals surface area (Å²) in [5, 5.41) is 9.48. The minimum atomic E-state index is -0.719. The number of rotatable bonds is 7. The second-order valence-corrected chi connectivity index (χ2v) is 9.38. The van der Waals surface area contributed by atoms with Gasteiger partial charge in [0.1, 0.15) is 17.2 Å². The number of benzene rings is 2. The van der Waals surface area contributed by atoms with Crippen LogP contribution >= 0.6 is 0 Å². The molecule has 1 amide bonds. The lowest BCUT2D eigenvalue weighted by atomic mass is 9.99. The number of carbonyl (C=O) groups excluding carboxylic acids is 1. The Morgan fingerprint density at radius 3 is 2.51 bits per heavy atom. The first-order chi connectivity index (χ1) is 17.6. The highest BCUT2D eigenvalue weighted by Gasteiger charge is 2.25. The normalized spacial score (nSPS) is 16.6. The molecule has 1 fully saturated rings. The largest absolute Gasteiger partial charge is 0.440 e. The number of anilines is 2. The van der Waals surface area contributed by atoms with Crippen LogP contribution in [0.25, 0.3) is 11.0 Å². The van der Waals surface area contributed by atoms with E-state index in [2.05, 4.69) is 0 Å². The van der Waals surface area contributed by atoms with Crippen LogP contribution < -0.4 is 15.2 Å². The van der Waals surface area contributed by atoms with Gasteiger partial charge < -0.3 is 29.0 Å². The van der Waals surface area contributed by atoms with Crippen LogP contribution in [0.1, 0.15) is 35.8 Å². The number of morpholine rings is 1. The second-order valence-electron chi connectivity index (χ2n) is 9.38. The molecule has 2 aromatic carbocycles. The Balaban J connectivity index is 1.88. The topological polar surface area (TPSA) is 86.5 Å². The van der Waals surface area contributed by atoms with E-state index in [-0.39, 0.29) is 47.2 Å². The Labute approximate surface area is 213 Å². The summed E-state index contributed by atoms with van der Waals surface area (Å²) >= 11 is 0. The first kappa shape index (κ1) is 26.6. The maximum Gasteiger partial charge on any atom is 0.253 e. The second kappa shape index (κ2) is 10.9. The third-order valence-electron chi connectivity index (χ3n) is 6.71. The number of halogens is 2. The van der Waals surface area contributed by atoms with E-state index in [1.54, 1.807) is 32.0 Å². The first-order valence-corrected chi connectivity index (χ1v) is 12.1. The van der Waals surface area contributed by atoms with Crippen molar-refractivity contribution < 1.29 is 27.8 Å². The van der Waals surface area contributed by atoms with E-state index in [1.807, 2.05) is 11.8 Å². The third kappa shape index (κ3) is 5.60. The molecule has 0 spiro atoms. The number of amides is 1. The van der Waals surface area contributed by atoms with Gasteiger partial charge in [0.15, 0.2) is 11.3 Å². The van der Waals surface area contributed by atoms with Gasteiger partial charge in [0.2, 0.25) is 0 Å². The molecule has 0 bridgehead atoms. The maximum absolute atomic E-state index is 14.0. The molecule has 8 nitrogen and oxygen atoms in total. The summed E-state index contributed by atoms with van der Waals surface area (Å²) in [6, 6.07) is 7.20. The maximum atomic E-state index is 14.0. The Morgan fingerprint density at radius 1 is 1.16 bits per heavy atom. The molecule has 1 N–H and O–H groups in total. The van der Waals surface area contributed by atoms with E-state index < -0.39 is 17.7 Å². The monoisotopic (exact) mass is 515 g/mol. The molecule has 0 radical (unpaired) electrons. The zero-order valence-corrected chi connectivity index (χ0v) is 21.3. The molecule has 10 heteroatoms. The molecule has 0 unspecified atom stereocenters. The number of likely N-dealkylation sites (N-methyl/N-ethyl adjacent to an activating group) is 1. The predicted octanol–water partition coefficient (Wildman–Crippen LogP) is 3.56. The molecule has 37 heavy (non-hydrogen) atoms. The quantitative estimate of drug-likeness (QED) is 0.515. The van der Waals surface area contributed by atoms with Crippen molar-refractivity contribution in [2.24, 2.45) is 0 Å². The summed E-state index contributed by atoms with van der Waals surface area (Å²) in [7, 11) is 3.22. The number of nitrogens with zero attached hydrogens (tertiary/aromatic N) is 3. The lowest BCUT2D eigenvalue weighted by Crippen LogP contribution is -2.41. The van der Waals surface area contributed by atoms with Gasteiger partial charge >= 0.3 is 0 Å². The highest BCUT2D eigenvalue weighted by molar-refractivity contribution is 5.98. The smallest absolute Gasteiger partial charge is 0.253 e. The molecule has 1 aliphatic rings. The van der Waals surface area contributed by atoms with E-state index >= 15 is 0 Å². The number of hydrogen-bond donors (Lipinski definition) is 1. The van der Waals surface area contributed by atoms with Crippen LogP contribution in [0.3, 0.4) is 0 Å². The lowest BCUT2D eigenvalue weighted by Gasteiger charge is -2.32. The van der Waals surface area contributed by atoms with Crippen molar-refractivity contribution in [3.05, 3.63) is 69.4 Å². The van der Waals surface area contributed by atoms with Crippen LogP contribution in [0.4, 0.5) is 20.4 Å². The standard InChI is InChI=1S/C27H31F2N3O5/c1-16-15-32(6-8-36-16)25-14-24(34)23-10-18(27(35)30(3)5-7-33)9-22(26(23)37-25)17(2)31(4)21-12-19(28)11-20(29)13-21/h9-14,16-17,33H,5-8,15H2,1-4H3/t16-,17+/m1/s1. The average molecular weight is 516 g/mol. The lowest BCUT2D eigenvalue weighted by molar-refractivity contribution is 0.0517. The van der Waals surface area contributed by atoms with Gasteiger partial charge in [-0.2, -0.15) is 0 Å². The van der Waals surface area contributed by atoms with E-state index in [0.29, 0.717) is 36.7 Å². The number of fused-ring (bicyclic) bond motifs is 1. The van der Waals surface area contributed by atoms with Crippen molar-refractivity contribution in [2.75, 3.05) is 56.7 Å². The average Bonchev–Trinajstić information content (AvgIpc) is 2.86. The minimum Gasteiger partial charge on any atom is -0.440 e. The van der Waals surface area contributed by atoms with Crippen LogP contribution in [0.5, 0.6) is 0 Å². The number of aliphatic hydroxyl groups is 1. The fourth-order valence-electron chi connectivity index (χ4n) is 4.53. The molecule has 1 aliphatic heterocycles. The Kier molecular flexibility index (Phi) is 7.79. The molecule has 2 atom stereocenters. The number of carbonyl (C=O) groups is 1. The summed E-state index contributed by atoms with van der Waals surface area (Å²) in [6.45, 7) is 5.23. The van der Waals surface area contributed by atoms with Crippen molar-refractivity contribution in [2.45, 2.75) is 26.0 Å². The molecule has 1 saturated heterocycles. The highest BCUT2D eigenvalue weighted by Crippen LogP contribution is 2.34. The van der Waals surface area contributed by atoms with E-state index in [1.165, 1.54) is 29.2 Å². The van der Waals surface area contributed by atoms with E-state index in [9.17, 15) is 23.5 Å². The van der Waals surface area contributed by atoms with Gasteiger partial charge in [-0.15, -0.1) is 0 Å². The zero-order chi connectivity index (χ0) is 26.9. The van der Waals surface area contributed by atoms with Crippen LogP contribution in [0, 0.1) is 11.6 Å². The minimum absolute atomic E-state index is 0.0378. The van der Waals surface area contributed by atoms with Crippen molar-refractivity contribution in [3.63, 3.8) is 0 Å². The number of aliphatic hydroxyl groups excluding tert-OH is 1. The highest BCUT2D eigenvalue weighted by atomic mass is 19.1. The van der Waals surface area contributed by atoms with Crippen LogP contribution in [0.15, 0.2) is 45.6 Å². The molecular weight excluding hydrogens is 484 g/mol. The van der Waals surface area contributed by atoms with Gasteiger partial charge in [-0.1, -0.05) is 0 Å². The van der Waals surface area contributed by atoms with E-state index in [0.717, 1.165) is 6.07 Å². The van der Waals surface area contributed by atoms with Crippen molar-refractivity contribution in [1.82, 2.24) is 4.90 Å². The van der Waals surface area contributed by atoms with Crippen LogP contribution in [-0.2, 0) is 4.74 Å². The summed E-state index contributed by atoms with van der Waals surface area (Å²) in [6.07, 6.45) is -0.0378. The molecule has 198 valence electrons. The van der Waals surface area contributed by atoms with Crippen molar-refractivity contribution >= 4 is 28.4 Å². The van der Waals surface area contributed by atoms with Crippen LogP contribution in [-0.4, -0.2) is 69.0 Å².